The van der Waals surface area contributed by atoms with Crippen LogP contribution in [0.2, 0.25) is 0 Å². The van der Waals surface area contributed by atoms with E-state index in [0.29, 0.717) is 5.06 Å². The summed E-state index contributed by atoms with van der Waals surface area (Å²) >= 11 is -1.96. The summed E-state index contributed by atoms with van der Waals surface area (Å²) in [4.78, 5) is 26.5. The summed E-state index contributed by atoms with van der Waals surface area (Å²) in [6.07, 6.45) is 0.308. The summed E-state index contributed by atoms with van der Waals surface area (Å²) in [5.74, 6) is -0.903. The van der Waals surface area contributed by atoms with E-state index in [-0.39, 0.29) is 25.2 Å². The summed E-state index contributed by atoms with van der Waals surface area (Å²) in [5, 5.41) is 0.660. The molecular weight excluding hydrogens is 198 g/mol. The minimum atomic E-state index is -1.96. The second-order valence-corrected chi connectivity index (χ2v) is 3.49. The lowest BCUT2D eigenvalue weighted by atomic mass is 10.4. The first-order valence-corrected chi connectivity index (χ1v) is 4.95. The molecule has 1 heterocycles. The molecule has 7 heteroatoms. The molecule has 1 saturated heterocycles. The van der Waals surface area contributed by atoms with Gasteiger partial charge in [0.1, 0.15) is 0 Å². The Morgan fingerprint density at radius 1 is 1.38 bits per heavy atom. The van der Waals surface area contributed by atoms with Gasteiger partial charge in [-0.3, -0.25) is 14.4 Å². The number of nitrogens with zero attached hydrogens (tertiary/aromatic N) is 1. The Labute approximate surface area is 77.1 Å². The molecule has 0 aromatic rings. The minimum absolute atomic E-state index is 0.111. The largest absolute Gasteiger partial charge is 0.306 e. The van der Waals surface area contributed by atoms with Crippen LogP contribution in [0.15, 0.2) is 0 Å². The van der Waals surface area contributed by atoms with Crippen LogP contribution < -0.4 is 0 Å². The molecular formula is C6H9NO5S. The van der Waals surface area contributed by atoms with Crippen molar-refractivity contribution in [2.75, 3.05) is 12.4 Å². The zero-order chi connectivity index (χ0) is 9.84. The van der Waals surface area contributed by atoms with Crippen LogP contribution in [0.3, 0.4) is 0 Å². The maximum atomic E-state index is 10.9. The van der Waals surface area contributed by atoms with Gasteiger partial charge in [0, 0.05) is 12.8 Å². The first kappa shape index (κ1) is 10.3. The Balaban J connectivity index is 2.31. The molecule has 0 radical (unpaired) electrons. The number of hydrogen-bond donors (Lipinski definition) is 1. The van der Waals surface area contributed by atoms with Crippen LogP contribution in [-0.2, 0) is 25.5 Å². The van der Waals surface area contributed by atoms with Crippen molar-refractivity contribution in [3.05, 3.63) is 0 Å². The molecule has 6 nitrogen and oxygen atoms in total. The van der Waals surface area contributed by atoms with Gasteiger partial charge in [-0.25, -0.2) is 4.21 Å². The van der Waals surface area contributed by atoms with Crippen LogP contribution >= 0.6 is 0 Å². The molecule has 0 spiro atoms. The highest BCUT2D eigenvalue weighted by atomic mass is 32.2. The first-order valence-electron chi connectivity index (χ1n) is 3.67. The van der Waals surface area contributed by atoms with Crippen molar-refractivity contribution >= 4 is 22.9 Å². The smallest absolute Gasteiger partial charge is 0.253 e. The van der Waals surface area contributed by atoms with Crippen LogP contribution in [0.4, 0.5) is 0 Å². The summed E-state index contributed by atoms with van der Waals surface area (Å²) in [7, 11) is 0. The summed E-state index contributed by atoms with van der Waals surface area (Å²) < 4.78 is 18.5. The molecule has 1 unspecified atom stereocenters. The number of carbonyl (C=O) groups is 2. The predicted octanol–water partition coefficient (Wildman–Crippen LogP) is -0.711. The number of hydroxylamine groups is 2. The highest BCUT2D eigenvalue weighted by Gasteiger charge is 2.29. The Hall–Kier alpha value is -0.790. The normalized spacial score (nSPS) is 19.6. The Morgan fingerprint density at radius 3 is 2.38 bits per heavy atom. The van der Waals surface area contributed by atoms with Crippen LogP contribution in [-0.4, -0.2) is 38.0 Å². The maximum absolute atomic E-state index is 10.9. The molecule has 1 rings (SSSR count). The molecule has 1 aliphatic rings. The highest BCUT2D eigenvalue weighted by molar-refractivity contribution is 7.79. The molecule has 0 saturated carbocycles. The molecule has 0 bridgehead atoms. The number of imide groups is 1. The fourth-order valence-corrected chi connectivity index (χ4v) is 1.12. The molecule has 1 fully saturated rings. The van der Waals surface area contributed by atoms with E-state index in [0.717, 1.165) is 0 Å². The van der Waals surface area contributed by atoms with Crippen molar-refractivity contribution < 1.29 is 23.2 Å². The third-order valence-corrected chi connectivity index (χ3v) is 2.00. The molecule has 1 atom stereocenters. The van der Waals surface area contributed by atoms with Crippen molar-refractivity contribution in [2.45, 2.75) is 12.8 Å². The van der Waals surface area contributed by atoms with E-state index in [1.807, 2.05) is 0 Å². The van der Waals surface area contributed by atoms with Gasteiger partial charge in [-0.2, -0.15) is 5.06 Å². The van der Waals surface area contributed by atoms with Crippen molar-refractivity contribution in [1.29, 1.82) is 0 Å². The highest BCUT2D eigenvalue weighted by Crippen LogP contribution is 2.11. The van der Waals surface area contributed by atoms with Crippen LogP contribution in [0.5, 0.6) is 0 Å². The molecule has 74 valence electrons. The van der Waals surface area contributed by atoms with Gasteiger partial charge >= 0.3 is 0 Å². The van der Waals surface area contributed by atoms with E-state index in [9.17, 15) is 13.8 Å². The lowest BCUT2D eigenvalue weighted by molar-refractivity contribution is -0.185. The minimum Gasteiger partial charge on any atom is -0.306 e. The molecule has 1 N–H and O–H groups in total. The van der Waals surface area contributed by atoms with Gasteiger partial charge in [-0.1, -0.05) is 0 Å². The Bertz CT molecular complexity index is 237. The zero-order valence-corrected chi connectivity index (χ0v) is 7.58. The van der Waals surface area contributed by atoms with E-state index in [1.54, 1.807) is 0 Å². The van der Waals surface area contributed by atoms with Crippen molar-refractivity contribution in [3.8, 4) is 0 Å². The van der Waals surface area contributed by atoms with Crippen LogP contribution in [0.25, 0.3) is 0 Å². The molecule has 0 aromatic carbocycles. The number of amides is 2. The predicted molar refractivity (Wildman–Crippen MR) is 42.7 cm³/mol. The second kappa shape index (κ2) is 4.45. The van der Waals surface area contributed by atoms with E-state index >= 15 is 0 Å². The van der Waals surface area contributed by atoms with Crippen LogP contribution in [0, 0.1) is 0 Å². The third-order valence-electron chi connectivity index (χ3n) is 1.48. The van der Waals surface area contributed by atoms with E-state index in [1.165, 1.54) is 0 Å². The van der Waals surface area contributed by atoms with E-state index in [4.69, 9.17) is 9.39 Å². The zero-order valence-electron chi connectivity index (χ0n) is 6.76. The van der Waals surface area contributed by atoms with Crippen LogP contribution in [0.1, 0.15) is 12.8 Å². The molecule has 2 amide bonds. The first-order chi connectivity index (χ1) is 6.11. The Kier molecular flexibility index (Phi) is 3.52. The summed E-state index contributed by atoms with van der Waals surface area (Å²) in [6.45, 7) is -0.111. The summed E-state index contributed by atoms with van der Waals surface area (Å²) in [6, 6.07) is 0. The average molecular weight is 207 g/mol. The van der Waals surface area contributed by atoms with Gasteiger partial charge in [0.05, 0.1) is 12.4 Å². The lowest BCUT2D eigenvalue weighted by Crippen LogP contribution is -2.30. The number of carbonyl (C=O) groups excluding carboxylic acids is 2. The van der Waals surface area contributed by atoms with Crippen molar-refractivity contribution in [1.82, 2.24) is 5.06 Å². The van der Waals surface area contributed by atoms with Gasteiger partial charge in [-0.05, 0) is 0 Å². The topological polar surface area (TPSA) is 83.9 Å². The monoisotopic (exact) mass is 207 g/mol. The van der Waals surface area contributed by atoms with Crippen molar-refractivity contribution in [3.63, 3.8) is 0 Å². The Morgan fingerprint density at radius 2 is 1.92 bits per heavy atom. The number of rotatable bonds is 4. The molecule has 0 aromatic heterocycles. The second-order valence-electron chi connectivity index (χ2n) is 2.44. The van der Waals surface area contributed by atoms with E-state index in [2.05, 4.69) is 0 Å². The summed E-state index contributed by atoms with van der Waals surface area (Å²) in [5.41, 5.74) is 0. The van der Waals surface area contributed by atoms with Gasteiger partial charge in [-0.15, -0.1) is 0 Å². The molecule has 1 aliphatic heterocycles. The lowest BCUT2D eigenvalue weighted by Gasteiger charge is -2.11. The number of hydrogen-bond acceptors (Lipinski definition) is 4. The fraction of sp³-hybridized carbons (Fsp3) is 0.667. The van der Waals surface area contributed by atoms with E-state index < -0.39 is 22.9 Å². The van der Waals surface area contributed by atoms with Gasteiger partial charge in [0.15, 0.2) is 11.1 Å². The third kappa shape index (κ3) is 2.87. The molecule has 13 heavy (non-hydrogen) atoms. The standard InChI is InChI=1S/C6H9NO5S/c8-5-1-2-6(9)7(5)12-3-4-13(10)11/h1-4H2,(H,10,11). The average Bonchev–Trinajstić information content (AvgIpc) is 2.34. The van der Waals surface area contributed by atoms with Gasteiger partial charge < -0.3 is 4.55 Å². The van der Waals surface area contributed by atoms with Gasteiger partial charge in [0.25, 0.3) is 11.8 Å². The SMILES string of the molecule is O=C1CCC(=O)N1OCCS(=O)O. The quantitative estimate of drug-likeness (QED) is 0.486. The van der Waals surface area contributed by atoms with Crippen molar-refractivity contribution in [2.24, 2.45) is 0 Å². The van der Waals surface area contributed by atoms with Gasteiger partial charge in [0.2, 0.25) is 0 Å². The molecule has 0 aliphatic carbocycles. The maximum Gasteiger partial charge on any atom is 0.253 e. The fourth-order valence-electron chi connectivity index (χ4n) is 0.900.